The largest absolute Gasteiger partial charge is 0.480 e. The van der Waals surface area contributed by atoms with Gasteiger partial charge in [-0.3, -0.25) is 29.1 Å². The zero-order chi connectivity index (χ0) is 47.8. The van der Waals surface area contributed by atoms with Crippen molar-refractivity contribution in [3.05, 3.63) is 132 Å². The summed E-state index contributed by atoms with van der Waals surface area (Å²) < 4.78 is 28.0. The third kappa shape index (κ3) is 12.8. The van der Waals surface area contributed by atoms with Gasteiger partial charge >= 0.3 is 11.9 Å². The summed E-state index contributed by atoms with van der Waals surface area (Å²) in [5.41, 5.74) is 5.06. The molecular formula is C40H35Cl6N9O9S. The number of carboxylic acid groups (broad SMARTS) is 2. The summed E-state index contributed by atoms with van der Waals surface area (Å²) in [7, 11) is -4.20. The van der Waals surface area contributed by atoms with Gasteiger partial charge in [0.1, 0.15) is 29.3 Å². The van der Waals surface area contributed by atoms with E-state index in [9.17, 15) is 37.5 Å². The second kappa shape index (κ2) is 21.8. The Morgan fingerprint density at radius 1 is 0.723 bits per heavy atom. The van der Waals surface area contributed by atoms with Gasteiger partial charge in [0.25, 0.3) is 11.8 Å². The minimum Gasteiger partial charge on any atom is -0.480 e. The summed E-state index contributed by atoms with van der Waals surface area (Å²) in [6.07, 6.45) is 8.45. The summed E-state index contributed by atoms with van der Waals surface area (Å²) in [5, 5.41) is 26.8. The molecule has 0 saturated carbocycles. The van der Waals surface area contributed by atoms with Crippen molar-refractivity contribution in [2.45, 2.75) is 55.1 Å². The highest BCUT2D eigenvalue weighted by atomic mass is 35.5. The Labute approximate surface area is 400 Å². The van der Waals surface area contributed by atoms with Crippen LogP contribution in [0.3, 0.4) is 0 Å². The van der Waals surface area contributed by atoms with E-state index in [4.69, 9.17) is 80.4 Å². The number of carbonyl (C=O) groups is 5. The summed E-state index contributed by atoms with van der Waals surface area (Å²) in [6, 6.07) is 7.57. The normalized spacial score (nSPS) is 15.8. The zero-order valence-corrected chi connectivity index (χ0v) is 38.8. The number of nitrogens with one attached hydrogen (secondary N) is 3. The number of aliphatic carboxylic acids is 2. The molecule has 4 aromatic heterocycles. The molecule has 1 aliphatic rings. The van der Waals surface area contributed by atoms with E-state index in [-0.39, 0.29) is 83.6 Å². The SMILES string of the molecule is C[C@@]1(C(=O)N[C@@H](Cc2ccc(NC(=O)c3c(Cl)cncc3Cl)nc2)C(=O)O)CCCN1S(=O)(=O)c1cc(Cl)cc(Cl)c1.N[C@@H](Cc1ccc(NC(=O)c2c(Cl)cncc2Cl)nc1)C(=O)O. The molecule has 342 valence electrons. The summed E-state index contributed by atoms with van der Waals surface area (Å²) in [5.74, 6) is -3.93. The number of hydrogen-bond donors (Lipinski definition) is 6. The van der Waals surface area contributed by atoms with E-state index in [1.54, 1.807) is 6.07 Å². The lowest BCUT2D eigenvalue weighted by atomic mass is 9.98. The van der Waals surface area contributed by atoms with Crippen molar-refractivity contribution >= 4 is 121 Å². The van der Waals surface area contributed by atoms with Gasteiger partial charge in [0.2, 0.25) is 15.9 Å². The smallest absolute Gasteiger partial charge is 0.326 e. The van der Waals surface area contributed by atoms with Crippen LogP contribution in [0.2, 0.25) is 30.1 Å². The Balaban J connectivity index is 0.000000291. The molecule has 7 N–H and O–H groups in total. The highest BCUT2D eigenvalue weighted by Crippen LogP contribution is 2.36. The third-order valence-corrected chi connectivity index (χ3v) is 13.2. The molecule has 3 amide bonds. The van der Waals surface area contributed by atoms with Gasteiger partial charge in [-0.2, -0.15) is 4.31 Å². The van der Waals surface area contributed by atoms with Gasteiger partial charge in [-0.05, 0) is 67.6 Å². The highest BCUT2D eigenvalue weighted by molar-refractivity contribution is 7.89. The summed E-state index contributed by atoms with van der Waals surface area (Å²) in [6.45, 7) is 1.49. The number of rotatable bonds is 14. The molecule has 1 aromatic carbocycles. The molecule has 25 heteroatoms. The topological polar surface area (TPSA) is 277 Å². The fourth-order valence-electron chi connectivity index (χ4n) is 6.30. The van der Waals surface area contributed by atoms with Crippen LogP contribution in [0.5, 0.6) is 0 Å². The van der Waals surface area contributed by atoms with Crippen LogP contribution >= 0.6 is 69.6 Å². The van der Waals surface area contributed by atoms with Gasteiger partial charge in [0, 0.05) is 60.2 Å². The average Bonchev–Trinajstić information content (AvgIpc) is 3.65. The molecule has 18 nitrogen and oxygen atoms in total. The molecule has 1 saturated heterocycles. The lowest BCUT2D eigenvalue weighted by Gasteiger charge is -2.34. The van der Waals surface area contributed by atoms with Crippen LogP contribution in [0.15, 0.2) is 84.5 Å². The Bertz CT molecular complexity index is 2680. The van der Waals surface area contributed by atoms with Crippen molar-refractivity contribution in [1.29, 1.82) is 0 Å². The lowest BCUT2D eigenvalue weighted by Crippen LogP contribution is -2.58. The standard InChI is InChI=1S/C26H23Cl4N5O6S.C14H12Cl2N4O3/c1-26(5-2-6-35(26)42(40,41)17-9-15(27)8-16(28)10-17)25(39)33-20(24(37)38)7-14-3-4-21(32-11-14)34-23(36)22-18(29)12-31-13-19(22)30;15-8-5-18-6-9(16)12(8)13(21)20-11-2-1-7(4-19-11)3-10(17)14(22)23/h3-4,8-13,20H,2,5-7H2,1H3,(H,33,39)(H,37,38)(H,32,34,36);1-2,4-6,10H,3,17H2,(H,22,23)(H,19,20,21)/t20-,26-;10-/m00/s1. The number of hydrogen-bond acceptors (Lipinski definition) is 12. The van der Waals surface area contributed by atoms with Gasteiger partial charge in [-0.15, -0.1) is 0 Å². The van der Waals surface area contributed by atoms with Crippen LogP contribution in [0.25, 0.3) is 0 Å². The fourth-order valence-corrected chi connectivity index (χ4v) is 9.91. The number of nitrogens with zero attached hydrogens (tertiary/aromatic N) is 5. The monoisotopic (exact) mass is 1030 g/mol. The minimum atomic E-state index is -4.20. The van der Waals surface area contributed by atoms with Crippen molar-refractivity contribution in [3.63, 3.8) is 0 Å². The molecule has 5 aromatic rings. The Hall–Kier alpha value is -5.22. The van der Waals surface area contributed by atoms with Gasteiger partial charge in [0.15, 0.2) is 0 Å². The second-order valence-electron chi connectivity index (χ2n) is 14.2. The molecule has 65 heavy (non-hydrogen) atoms. The molecule has 5 heterocycles. The van der Waals surface area contributed by atoms with Crippen molar-refractivity contribution < 1.29 is 42.6 Å². The molecule has 6 rings (SSSR count). The number of nitrogens with two attached hydrogens (primary N) is 1. The summed E-state index contributed by atoms with van der Waals surface area (Å²) >= 11 is 35.8. The third-order valence-electron chi connectivity index (χ3n) is 9.60. The first-order valence-corrected chi connectivity index (χ1v) is 22.4. The van der Waals surface area contributed by atoms with Gasteiger partial charge in [-0.1, -0.05) is 81.7 Å². The average molecular weight is 1030 g/mol. The molecule has 0 aliphatic carbocycles. The van der Waals surface area contributed by atoms with Crippen LogP contribution in [0.4, 0.5) is 11.6 Å². The van der Waals surface area contributed by atoms with Crippen LogP contribution in [0.1, 0.15) is 51.6 Å². The van der Waals surface area contributed by atoms with Crippen LogP contribution < -0.4 is 21.7 Å². The first-order chi connectivity index (χ1) is 30.6. The molecular weight excluding hydrogens is 995 g/mol. The van der Waals surface area contributed by atoms with Crippen molar-refractivity contribution in [1.82, 2.24) is 29.6 Å². The molecule has 1 fully saturated rings. The number of amides is 3. The van der Waals surface area contributed by atoms with Crippen LogP contribution in [0, 0.1) is 0 Å². The number of anilines is 2. The zero-order valence-electron chi connectivity index (χ0n) is 33.4. The Morgan fingerprint density at radius 2 is 1.18 bits per heavy atom. The number of benzene rings is 1. The van der Waals surface area contributed by atoms with Gasteiger partial charge < -0.3 is 31.9 Å². The Morgan fingerprint density at radius 3 is 1.60 bits per heavy atom. The highest BCUT2D eigenvalue weighted by Gasteiger charge is 2.50. The maximum absolute atomic E-state index is 13.5. The fraction of sp³-hybridized carbons (Fsp3) is 0.225. The Kier molecular flexibility index (Phi) is 17.1. The van der Waals surface area contributed by atoms with Crippen molar-refractivity contribution in [3.8, 4) is 0 Å². The van der Waals surface area contributed by atoms with E-state index in [0.717, 1.165) is 4.31 Å². The molecule has 0 radical (unpaired) electrons. The van der Waals surface area contributed by atoms with Crippen molar-refractivity contribution in [2.75, 3.05) is 17.2 Å². The number of sulfonamides is 1. The second-order valence-corrected chi connectivity index (χ2v) is 18.6. The number of aromatic nitrogens is 4. The van der Waals surface area contributed by atoms with Crippen molar-refractivity contribution in [2.24, 2.45) is 5.73 Å². The lowest BCUT2D eigenvalue weighted by molar-refractivity contribution is -0.143. The van der Waals surface area contributed by atoms with Gasteiger partial charge in [0.05, 0.1) is 36.1 Å². The maximum atomic E-state index is 13.5. The predicted molar refractivity (Wildman–Crippen MR) is 243 cm³/mol. The van der Waals surface area contributed by atoms with E-state index in [1.165, 1.54) is 80.5 Å². The van der Waals surface area contributed by atoms with E-state index >= 15 is 0 Å². The van der Waals surface area contributed by atoms with E-state index < -0.39 is 57.3 Å². The minimum absolute atomic E-state index is 0.0165. The number of carboxylic acids is 2. The predicted octanol–water partition coefficient (Wildman–Crippen LogP) is 6.69. The number of carbonyl (C=O) groups excluding carboxylic acids is 3. The maximum Gasteiger partial charge on any atom is 0.326 e. The quantitative estimate of drug-likeness (QED) is 0.0677. The van der Waals surface area contributed by atoms with Crippen LogP contribution in [-0.4, -0.2) is 96.7 Å². The summed E-state index contributed by atoms with van der Waals surface area (Å²) in [4.78, 5) is 76.5. The first-order valence-electron chi connectivity index (χ1n) is 18.7. The number of pyridine rings is 4. The molecule has 0 unspecified atom stereocenters. The van der Waals surface area contributed by atoms with E-state index in [2.05, 4.69) is 35.9 Å². The van der Waals surface area contributed by atoms with E-state index in [1.807, 2.05) is 0 Å². The first kappa shape index (κ1) is 50.8. The molecule has 0 spiro atoms. The molecule has 0 bridgehead atoms. The van der Waals surface area contributed by atoms with Gasteiger partial charge in [-0.25, -0.2) is 23.2 Å². The molecule has 3 atom stereocenters. The van der Waals surface area contributed by atoms with Crippen LogP contribution in [-0.2, 0) is 37.2 Å². The van der Waals surface area contributed by atoms with E-state index in [0.29, 0.717) is 17.5 Å². The molecule has 1 aliphatic heterocycles. The number of halogens is 6.